The maximum Gasteiger partial charge on any atom is 0.317 e. The van der Waals surface area contributed by atoms with Crippen LogP contribution in [0, 0.1) is 17.8 Å². The molecule has 3 unspecified atom stereocenters. The number of aliphatic carboxylic acids is 1. The summed E-state index contributed by atoms with van der Waals surface area (Å²) in [6.45, 7) is 5.56. The Bertz CT molecular complexity index is 334. The fraction of sp³-hybridized carbons (Fsp3) is 0.933. The molecule has 0 aromatic rings. The third kappa shape index (κ3) is 3.29. The van der Waals surface area contributed by atoms with Crippen molar-refractivity contribution >= 4 is 5.97 Å². The summed E-state index contributed by atoms with van der Waals surface area (Å²) in [5.41, 5.74) is 0. The second-order valence-corrected chi connectivity index (χ2v) is 6.76. The molecule has 0 aromatic heterocycles. The molecule has 1 aliphatic heterocycles. The van der Waals surface area contributed by atoms with Gasteiger partial charge in [-0.25, -0.2) is 0 Å². The van der Waals surface area contributed by atoms with Gasteiger partial charge in [-0.05, 0) is 50.0 Å². The van der Waals surface area contributed by atoms with Crippen molar-refractivity contribution in [2.24, 2.45) is 17.8 Å². The van der Waals surface area contributed by atoms with Crippen molar-refractivity contribution in [3.63, 3.8) is 0 Å². The Hall–Kier alpha value is -0.610. The van der Waals surface area contributed by atoms with Crippen LogP contribution in [-0.4, -0.2) is 60.1 Å². The Kier molecular flexibility index (Phi) is 4.08. The normalized spacial score (nSPS) is 36.5. The molecule has 1 heterocycles. The van der Waals surface area contributed by atoms with Gasteiger partial charge in [0.05, 0.1) is 6.54 Å². The van der Waals surface area contributed by atoms with Gasteiger partial charge >= 0.3 is 5.97 Å². The Labute approximate surface area is 115 Å². The number of rotatable bonds is 4. The van der Waals surface area contributed by atoms with E-state index in [1.807, 2.05) is 0 Å². The summed E-state index contributed by atoms with van der Waals surface area (Å²) in [5, 5.41) is 8.87. The van der Waals surface area contributed by atoms with E-state index in [9.17, 15) is 4.79 Å². The summed E-state index contributed by atoms with van der Waals surface area (Å²) in [5.74, 6) is 2.28. The molecule has 1 saturated heterocycles. The Morgan fingerprint density at radius 2 is 1.84 bits per heavy atom. The number of hydrogen-bond acceptors (Lipinski definition) is 3. The Morgan fingerprint density at radius 3 is 2.53 bits per heavy atom. The summed E-state index contributed by atoms with van der Waals surface area (Å²) in [7, 11) is 0. The maximum absolute atomic E-state index is 10.8. The van der Waals surface area contributed by atoms with E-state index < -0.39 is 5.97 Å². The van der Waals surface area contributed by atoms with Gasteiger partial charge in [0, 0.05) is 26.2 Å². The second kappa shape index (κ2) is 5.80. The number of fused-ring (bicyclic) bond motifs is 2. The summed E-state index contributed by atoms with van der Waals surface area (Å²) in [6.07, 6.45) is 7.01. The van der Waals surface area contributed by atoms with Crippen LogP contribution in [0.3, 0.4) is 0 Å². The Morgan fingerprint density at radius 1 is 1.05 bits per heavy atom. The van der Waals surface area contributed by atoms with Gasteiger partial charge in [-0.3, -0.25) is 9.69 Å². The summed E-state index contributed by atoms with van der Waals surface area (Å²) >= 11 is 0. The fourth-order valence-electron chi connectivity index (χ4n) is 4.49. The highest BCUT2D eigenvalue weighted by Crippen LogP contribution is 2.48. The molecule has 0 spiro atoms. The van der Waals surface area contributed by atoms with E-state index in [-0.39, 0.29) is 6.54 Å². The number of hydrogen-bond donors (Lipinski definition) is 1. The molecule has 3 aliphatic rings. The fourth-order valence-corrected chi connectivity index (χ4v) is 4.49. The lowest BCUT2D eigenvalue weighted by molar-refractivity contribution is -0.138. The van der Waals surface area contributed by atoms with Crippen molar-refractivity contribution < 1.29 is 9.90 Å². The molecule has 19 heavy (non-hydrogen) atoms. The largest absolute Gasteiger partial charge is 0.480 e. The average molecular weight is 266 g/mol. The van der Waals surface area contributed by atoms with Gasteiger partial charge in [0.1, 0.15) is 0 Å². The van der Waals surface area contributed by atoms with Gasteiger partial charge in [-0.1, -0.05) is 6.42 Å². The molecule has 2 bridgehead atoms. The van der Waals surface area contributed by atoms with Crippen molar-refractivity contribution in [3.05, 3.63) is 0 Å². The molecule has 108 valence electrons. The van der Waals surface area contributed by atoms with E-state index in [0.717, 1.165) is 50.4 Å². The van der Waals surface area contributed by atoms with Gasteiger partial charge in [0.15, 0.2) is 0 Å². The molecule has 3 atom stereocenters. The quantitative estimate of drug-likeness (QED) is 0.838. The van der Waals surface area contributed by atoms with Gasteiger partial charge in [0.2, 0.25) is 0 Å². The third-order valence-corrected chi connectivity index (χ3v) is 5.42. The summed E-state index contributed by atoms with van der Waals surface area (Å²) < 4.78 is 0. The zero-order chi connectivity index (χ0) is 13.2. The van der Waals surface area contributed by atoms with E-state index in [0.29, 0.717) is 0 Å². The van der Waals surface area contributed by atoms with Crippen LogP contribution >= 0.6 is 0 Å². The van der Waals surface area contributed by atoms with Crippen LogP contribution in [0.5, 0.6) is 0 Å². The topological polar surface area (TPSA) is 43.8 Å². The van der Waals surface area contributed by atoms with Crippen LogP contribution in [-0.2, 0) is 4.79 Å². The minimum absolute atomic E-state index is 0.210. The molecule has 3 rings (SSSR count). The van der Waals surface area contributed by atoms with Gasteiger partial charge in [-0.2, -0.15) is 0 Å². The zero-order valence-corrected chi connectivity index (χ0v) is 11.8. The van der Waals surface area contributed by atoms with Crippen molar-refractivity contribution in [1.29, 1.82) is 0 Å². The van der Waals surface area contributed by atoms with Crippen LogP contribution in [0.1, 0.15) is 32.1 Å². The lowest BCUT2D eigenvalue weighted by Crippen LogP contribution is -2.36. The number of carboxylic acid groups (broad SMARTS) is 1. The minimum Gasteiger partial charge on any atom is -0.480 e. The smallest absolute Gasteiger partial charge is 0.317 e. The van der Waals surface area contributed by atoms with Crippen LogP contribution in [0.15, 0.2) is 0 Å². The van der Waals surface area contributed by atoms with Crippen molar-refractivity contribution in [2.45, 2.75) is 32.1 Å². The molecular formula is C15H26N2O2. The van der Waals surface area contributed by atoms with E-state index in [1.165, 1.54) is 32.2 Å². The van der Waals surface area contributed by atoms with Gasteiger partial charge in [-0.15, -0.1) is 0 Å². The first-order valence-electron chi connectivity index (χ1n) is 7.87. The standard InChI is InChI=1S/C15H26N2O2/c18-15(19)11-17-5-1-4-16(6-7-17)10-14-9-12-2-3-13(14)8-12/h12-14H,1-11H2,(H,18,19). The molecule has 0 radical (unpaired) electrons. The van der Waals surface area contributed by atoms with Crippen LogP contribution in [0.25, 0.3) is 0 Å². The van der Waals surface area contributed by atoms with Crippen molar-refractivity contribution in [3.8, 4) is 0 Å². The van der Waals surface area contributed by atoms with Crippen molar-refractivity contribution in [1.82, 2.24) is 9.80 Å². The molecule has 4 heteroatoms. The van der Waals surface area contributed by atoms with E-state index in [1.54, 1.807) is 0 Å². The molecule has 0 amide bonds. The van der Waals surface area contributed by atoms with Gasteiger partial charge < -0.3 is 10.0 Å². The van der Waals surface area contributed by atoms with E-state index in [4.69, 9.17) is 5.11 Å². The van der Waals surface area contributed by atoms with Crippen LogP contribution in [0.2, 0.25) is 0 Å². The maximum atomic E-state index is 10.8. The Balaban J connectivity index is 1.46. The van der Waals surface area contributed by atoms with Crippen LogP contribution < -0.4 is 0 Å². The predicted molar refractivity (Wildman–Crippen MR) is 74.1 cm³/mol. The lowest BCUT2D eigenvalue weighted by Gasteiger charge is -2.29. The minimum atomic E-state index is -0.693. The number of nitrogens with zero attached hydrogens (tertiary/aromatic N) is 2. The monoisotopic (exact) mass is 266 g/mol. The van der Waals surface area contributed by atoms with Crippen molar-refractivity contribution in [2.75, 3.05) is 39.3 Å². The molecule has 2 aliphatic carbocycles. The highest BCUT2D eigenvalue weighted by molar-refractivity contribution is 5.69. The number of carboxylic acids is 1. The summed E-state index contributed by atoms with van der Waals surface area (Å²) in [6, 6.07) is 0. The SMILES string of the molecule is O=C(O)CN1CCCN(CC2CC3CCC2C3)CC1. The first-order valence-corrected chi connectivity index (χ1v) is 7.87. The third-order valence-electron chi connectivity index (χ3n) is 5.42. The average Bonchev–Trinajstić information content (AvgIpc) is 2.90. The molecular weight excluding hydrogens is 240 g/mol. The second-order valence-electron chi connectivity index (χ2n) is 6.76. The highest BCUT2D eigenvalue weighted by Gasteiger charge is 2.39. The molecule has 0 aromatic carbocycles. The lowest BCUT2D eigenvalue weighted by atomic mass is 9.88. The van der Waals surface area contributed by atoms with Gasteiger partial charge in [0.25, 0.3) is 0 Å². The molecule has 1 N–H and O–H groups in total. The van der Waals surface area contributed by atoms with E-state index in [2.05, 4.69) is 9.80 Å². The zero-order valence-electron chi connectivity index (χ0n) is 11.8. The predicted octanol–water partition coefficient (Wildman–Crippen LogP) is 1.51. The first-order chi connectivity index (χ1) is 9.20. The van der Waals surface area contributed by atoms with Crippen LogP contribution in [0.4, 0.5) is 0 Å². The highest BCUT2D eigenvalue weighted by atomic mass is 16.4. The number of carbonyl (C=O) groups is 1. The van der Waals surface area contributed by atoms with E-state index >= 15 is 0 Å². The molecule has 4 nitrogen and oxygen atoms in total. The molecule has 2 saturated carbocycles. The molecule has 3 fully saturated rings. The first kappa shape index (κ1) is 13.4. The summed E-state index contributed by atoms with van der Waals surface area (Å²) in [4.78, 5) is 15.4.